The summed E-state index contributed by atoms with van der Waals surface area (Å²) < 4.78 is 47.1. The van der Waals surface area contributed by atoms with Crippen molar-refractivity contribution in [2.24, 2.45) is 10.2 Å². The van der Waals surface area contributed by atoms with Crippen molar-refractivity contribution < 1.29 is 27.8 Å². The Morgan fingerprint density at radius 1 is 1.20 bits per heavy atom. The zero-order chi connectivity index (χ0) is 28.8. The zero-order valence-electron chi connectivity index (χ0n) is 21.7. The molecule has 2 aliphatic rings. The first-order valence-electron chi connectivity index (χ1n) is 12.3. The van der Waals surface area contributed by atoms with Crippen LogP contribution in [0.2, 0.25) is 5.02 Å². The Bertz CT molecular complexity index is 1630. The fourth-order valence-corrected chi connectivity index (χ4v) is 5.61. The predicted octanol–water partition coefficient (Wildman–Crippen LogP) is 4.64. The molecule has 0 bridgehead atoms. The van der Waals surface area contributed by atoms with Gasteiger partial charge in [0.2, 0.25) is 5.88 Å². The number of ether oxygens (including phenoxy) is 1. The maximum atomic E-state index is 13.9. The third kappa shape index (κ3) is 6.07. The van der Waals surface area contributed by atoms with Gasteiger partial charge in [0.05, 0.1) is 28.1 Å². The number of benzene rings is 2. The SMILES string of the molecule is CC(C)(C)OC(=O)NC1CN(c2nc(O)c(C(Cc3ccc(Cl)cc3C(F)(F)F)=c3ccc4c(c3)C=NN=4)s2)C1. The molecule has 40 heavy (non-hydrogen) atoms. The summed E-state index contributed by atoms with van der Waals surface area (Å²) in [6.45, 7) is 6.20. The smallest absolute Gasteiger partial charge is 0.416 e. The molecule has 8 nitrogen and oxygen atoms in total. The van der Waals surface area contributed by atoms with Gasteiger partial charge in [-0.05, 0) is 61.4 Å². The monoisotopic (exact) mass is 591 g/mol. The number of thiazole rings is 1. The van der Waals surface area contributed by atoms with E-state index in [1.807, 2.05) is 4.90 Å². The van der Waals surface area contributed by atoms with E-state index in [4.69, 9.17) is 16.3 Å². The third-order valence-electron chi connectivity index (χ3n) is 6.23. The van der Waals surface area contributed by atoms with Crippen LogP contribution in [0.15, 0.2) is 46.6 Å². The molecule has 2 N–H and O–H groups in total. The van der Waals surface area contributed by atoms with E-state index in [1.54, 1.807) is 45.2 Å². The van der Waals surface area contributed by atoms with Crippen molar-refractivity contribution >= 4 is 46.0 Å². The average Bonchev–Trinajstić information content (AvgIpc) is 3.44. The van der Waals surface area contributed by atoms with Crippen LogP contribution in [0.5, 0.6) is 5.88 Å². The molecular weight excluding hydrogens is 567 g/mol. The largest absolute Gasteiger partial charge is 0.492 e. The van der Waals surface area contributed by atoms with Crippen molar-refractivity contribution in [1.29, 1.82) is 0 Å². The summed E-state index contributed by atoms with van der Waals surface area (Å²) in [5, 5.41) is 23.3. The van der Waals surface area contributed by atoms with E-state index in [0.29, 0.717) is 44.8 Å². The highest BCUT2D eigenvalue weighted by molar-refractivity contribution is 7.17. The first-order valence-corrected chi connectivity index (χ1v) is 13.5. The van der Waals surface area contributed by atoms with E-state index >= 15 is 0 Å². The van der Waals surface area contributed by atoms with Crippen LogP contribution in [0.1, 0.15) is 42.3 Å². The summed E-state index contributed by atoms with van der Waals surface area (Å²) in [5.41, 5.74) is -0.293. The van der Waals surface area contributed by atoms with Crippen molar-refractivity contribution in [2.45, 2.75) is 45.0 Å². The van der Waals surface area contributed by atoms with Crippen molar-refractivity contribution in [3.8, 4) is 5.88 Å². The molecule has 13 heteroatoms. The van der Waals surface area contributed by atoms with E-state index in [9.17, 15) is 23.1 Å². The number of nitrogens with zero attached hydrogens (tertiary/aromatic N) is 4. The lowest BCUT2D eigenvalue weighted by molar-refractivity contribution is -0.138. The summed E-state index contributed by atoms with van der Waals surface area (Å²) >= 11 is 7.06. The minimum absolute atomic E-state index is 0.00526. The van der Waals surface area contributed by atoms with Gasteiger partial charge in [-0.1, -0.05) is 35.1 Å². The first-order chi connectivity index (χ1) is 18.8. The Kier molecular flexibility index (Phi) is 7.26. The number of alkyl halides is 3. The number of alkyl carbamates (subject to hydrolysis) is 1. The maximum Gasteiger partial charge on any atom is 0.416 e. The number of amides is 1. The Labute approximate surface area is 236 Å². The number of anilines is 1. The molecule has 0 atom stereocenters. The molecular formula is C27H25ClF3N5O3S. The van der Waals surface area contributed by atoms with Crippen molar-refractivity contribution in [1.82, 2.24) is 10.3 Å². The molecule has 1 saturated heterocycles. The minimum atomic E-state index is -4.62. The van der Waals surface area contributed by atoms with Gasteiger partial charge in [0.15, 0.2) is 5.13 Å². The molecule has 0 unspecified atom stereocenters. The van der Waals surface area contributed by atoms with Gasteiger partial charge in [-0.3, -0.25) is 0 Å². The van der Waals surface area contributed by atoms with Crippen molar-refractivity contribution in [3.63, 3.8) is 0 Å². The van der Waals surface area contributed by atoms with Gasteiger partial charge in [-0.15, -0.1) is 0 Å². The molecule has 0 radical (unpaired) electrons. The van der Waals surface area contributed by atoms with Gasteiger partial charge in [-0.2, -0.15) is 28.4 Å². The van der Waals surface area contributed by atoms with E-state index < -0.39 is 23.4 Å². The lowest BCUT2D eigenvalue weighted by Gasteiger charge is -2.39. The second kappa shape index (κ2) is 10.4. The van der Waals surface area contributed by atoms with Gasteiger partial charge in [0, 0.05) is 30.1 Å². The van der Waals surface area contributed by atoms with Crippen molar-refractivity contribution in [3.05, 3.63) is 73.6 Å². The Hall–Kier alpha value is -3.64. The summed E-state index contributed by atoms with van der Waals surface area (Å²) in [4.78, 5) is 18.6. The first kappa shape index (κ1) is 27.9. The highest BCUT2D eigenvalue weighted by Crippen LogP contribution is 2.40. The number of hydrogen-bond donors (Lipinski definition) is 2. The van der Waals surface area contributed by atoms with Gasteiger partial charge >= 0.3 is 12.3 Å². The number of aromatic hydroxyl groups is 1. The summed E-state index contributed by atoms with van der Waals surface area (Å²) in [6, 6.07) is 8.72. The molecule has 2 aliphatic heterocycles. The Morgan fingerprint density at radius 3 is 2.65 bits per heavy atom. The number of fused-ring (bicyclic) bond motifs is 1. The van der Waals surface area contributed by atoms with Crippen LogP contribution < -0.4 is 20.8 Å². The average molecular weight is 592 g/mol. The van der Waals surface area contributed by atoms with Crippen LogP contribution in [0.3, 0.4) is 0 Å². The van der Waals surface area contributed by atoms with E-state index in [0.717, 1.165) is 6.07 Å². The van der Waals surface area contributed by atoms with E-state index in [2.05, 4.69) is 20.5 Å². The Morgan fingerprint density at radius 2 is 1.95 bits per heavy atom. The topological polar surface area (TPSA) is 99.4 Å². The van der Waals surface area contributed by atoms with Gasteiger partial charge in [0.1, 0.15) is 5.60 Å². The number of carbonyl (C=O) groups excluding carboxylic acids is 1. The van der Waals surface area contributed by atoms with Crippen LogP contribution >= 0.6 is 22.9 Å². The number of aromatic nitrogens is 1. The van der Waals surface area contributed by atoms with Crippen LogP contribution in [0.4, 0.5) is 23.1 Å². The zero-order valence-corrected chi connectivity index (χ0v) is 23.3. The van der Waals surface area contributed by atoms with Gasteiger partial charge in [-0.25, -0.2) is 4.79 Å². The minimum Gasteiger partial charge on any atom is -0.492 e. The molecule has 0 aliphatic carbocycles. The van der Waals surface area contributed by atoms with E-state index in [1.165, 1.54) is 23.5 Å². The number of carbonyl (C=O) groups is 1. The van der Waals surface area contributed by atoms with Crippen LogP contribution in [0, 0.1) is 0 Å². The second-order valence-corrected chi connectivity index (χ2v) is 11.9. The molecule has 3 aromatic rings. The third-order valence-corrected chi connectivity index (χ3v) is 7.63. The predicted molar refractivity (Wildman–Crippen MR) is 147 cm³/mol. The Balaban J connectivity index is 1.48. The lowest BCUT2D eigenvalue weighted by atomic mass is 9.96. The highest BCUT2D eigenvalue weighted by atomic mass is 35.5. The van der Waals surface area contributed by atoms with Crippen molar-refractivity contribution in [2.75, 3.05) is 18.0 Å². The normalized spacial score (nSPS) is 15.8. The molecule has 3 heterocycles. The number of halogens is 4. The fourth-order valence-electron chi connectivity index (χ4n) is 4.39. The molecule has 1 amide bonds. The molecule has 5 rings (SSSR count). The number of nitrogens with one attached hydrogen (secondary N) is 1. The molecule has 0 spiro atoms. The highest BCUT2D eigenvalue weighted by Gasteiger charge is 2.35. The molecule has 1 fully saturated rings. The summed E-state index contributed by atoms with van der Waals surface area (Å²) in [6.07, 6.45) is -3.72. The number of hydrogen-bond acceptors (Lipinski definition) is 8. The summed E-state index contributed by atoms with van der Waals surface area (Å²) in [7, 11) is 0. The maximum absolute atomic E-state index is 13.9. The number of rotatable bonds is 5. The fraction of sp³-hybridized carbons (Fsp3) is 0.333. The van der Waals surface area contributed by atoms with Crippen LogP contribution in [0.25, 0.3) is 5.57 Å². The molecule has 0 saturated carbocycles. The quantitative estimate of drug-likeness (QED) is 0.450. The van der Waals surface area contributed by atoms with Gasteiger partial charge < -0.3 is 20.1 Å². The molecule has 2 aromatic carbocycles. The molecule has 210 valence electrons. The van der Waals surface area contributed by atoms with Gasteiger partial charge in [0.25, 0.3) is 0 Å². The second-order valence-electron chi connectivity index (χ2n) is 10.5. The lowest BCUT2D eigenvalue weighted by Crippen LogP contribution is -2.60. The molecule has 1 aromatic heterocycles. The summed E-state index contributed by atoms with van der Waals surface area (Å²) in [5.74, 6) is -0.292. The van der Waals surface area contributed by atoms with Crippen LogP contribution in [-0.4, -0.2) is 47.1 Å². The van der Waals surface area contributed by atoms with Crippen LogP contribution in [-0.2, 0) is 17.3 Å². The van der Waals surface area contributed by atoms with E-state index in [-0.39, 0.29) is 28.9 Å². The standard InChI is InChI=1S/C27H25ClF3N5O3S/c1-26(2,3)39-25(38)33-18-12-36(13-18)24-34-23(37)22(40-24)19(14-5-7-21-16(8-14)11-32-35-21)9-15-4-6-17(28)10-20(15)27(29,30)31/h4-8,10-11,18,37H,9,12-13H2,1-3H3,(H,33,38).